The standard InChI is InChI=1S/C7H11NO2/c1-2-4-5(8)3-6(9)7(4)10/h2,5,9-10H,3,8H2,1H3/b4-2+. The summed E-state index contributed by atoms with van der Waals surface area (Å²) in [4.78, 5) is 0. The van der Waals surface area contributed by atoms with Crippen LogP contribution in [0.25, 0.3) is 0 Å². The van der Waals surface area contributed by atoms with Gasteiger partial charge in [0.2, 0.25) is 0 Å². The Balaban J connectivity index is 2.94. The van der Waals surface area contributed by atoms with Crippen molar-refractivity contribution in [2.24, 2.45) is 5.73 Å². The van der Waals surface area contributed by atoms with Gasteiger partial charge in [-0.3, -0.25) is 0 Å². The fraction of sp³-hybridized carbons (Fsp3) is 0.429. The summed E-state index contributed by atoms with van der Waals surface area (Å²) >= 11 is 0. The van der Waals surface area contributed by atoms with E-state index in [0.717, 1.165) is 0 Å². The van der Waals surface area contributed by atoms with Crippen LogP contribution >= 0.6 is 0 Å². The minimum Gasteiger partial charge on any atom is -0.508 e. The SMILES string of the molecule is C/C=C1/C(O)=C(O)CC1N. The van der Waals surface area contributed by atoms with E-state index in [0.29, 0.717) is 12.0 Å². The van der Waals surface area contributed by atoms with Crippen molar-refractivity contribution in [3.05, 3.63) is 23.2 Å². The Morgan fingerprint density at radius 3 is 2.40 bits per heavy atom. The molecule has 0 aromatic heterocycles. The number of hydrogen-bond donors (Lipinski definition) is 3. The Bertz CT molecular complexity index is 206. The first-order chi connectivity index (χ1) is 4.66. The molecule has 0 heterocycles. The summed E-state index contributed by atoms with van der Waals surface area (Å²) < 4.78 is 0. The lowest BCUT2D eigenvalue weighted by Crippen LogP contribution is -2.18. The van der Waals surface area contributed by atoms with Crippen LogP contribution in [0.3, 0.4) is 0 Å². The molecule has 56 valence electrons. The molecule has 1 aliphatic rings. The Hall–Kier alpha value is -0.960. The van der Waals surface area contributed by atoms with Crippen molar-refractivity contribution in [1.82, 2.24) is 0 Å². The van der Waals surface area contributed by atoms with Crippen LogP contribution in [0.1, 0.15) is 13.3 Å². The minimum absolute atomic E-state index is 0.000556. The summed E-state index contributed by atoms with van der Waals surface area (Å²) in [5.74, 6) is -0.0457. The average Bonchev–Trinajstić information content (AvgIpc) is 2.09. The lowest BCUT2D eigenvalue weighted by Gasteiger charge is -2.02. The molecule has 4 N–H and O–H groups in total. The molecule has 0 aromatic rings. The van der Waals surface area contributed by atoms with Gasteiger partial charge in [-0.15, -0.1) is 0 Å². The molecule has 0 radical (unpaired) electrons. The van der Waals surface area contributed by atoms with Crippen LogP contribution < -0.4 is 5.73 Å². The predicted octanol–water partition coefficient (Wildman–Crippen LogP) is 0.991. The molecule has 1 rings (SSSR count). The molecule has 10 heavy (non-hydrogen) atoms. The number of rotatable bonds is 0. The second-order valence-corrected chi connectivity index (χ2v) is 2.35. The number of aliphatic hydroxyl groups is 2. The van der Waals surface area contributed by atoms with Gasteiger partial charge in [0.05, 0.1) is 0 Å². The quantitative estimate of drug-likeness (QED) is 0.471. The second kappa shape index (κ2) is 2.34. The van der Waals surface area contributed by atoms with E-state index in [1.807, 2.05) is 0 Å². The monoisotopic (exact) mass is 141 g/mol. The molecular weight excluding hydrogens is 130 g/mol. The summed E-state index contributed by atoms with van der Waals surface area (Å²) in [6.45, 7) is 1.78. The van der Waals surface area contributed by atoms with E-state index in [9.17, 15) is 0 Å². The van der Waals surface area contributed by atoms with Crippen LogP contribution in [0.15, 0.2) is 23.2 Å². The molecule has 0 spiro atoms. The smallest absolute Gasteiger partial charge is 0.157 e. The predicted molar refractivity (Wildman–Crippen MR) is 38.6 cm³/mol. The molecule has 3 nitrogen and oxygen atoms in total. The van der Waals surface area contributed by atoms with Crippen molar-refractivity contribution in [3.63, 3.8) is 0 Å². The van der Waals surface area contributed by atoms with Gasteiger partial charge in [0.25, 0.3) is 0 Å². The van der Waals surface area contributed by atoms with Gasteiger partial charge in [-0.1, -0.05) is 6.08 Å². The van der Waals surface area contributed by atoms with Crippen molar-refractivity contribution >= 4 is 0 Å². The average molecular weight is 141 g/mol. The number of allylic oxidation sites excluding steroid dienone is 1. The molecule has 0 saturated heterocycles. The molecule has 0 aromatic carbocycles. The van der Waals surface area contributed by atoms with E-state index in [1.54, 1.807) is 13.0 Å². The van der Waals surface area contributed by atoms with Crippen LogP contribution in [0.2, 0.25) is 0 Å². The molecular formula is C7H11NO2. The molecule has 0 fully saturated rings. The van der Waals surface area contributed by atoms with E-state index in [-0.39, 0.29) is 17.6 Å². The third kappa shape index (κ3) is 0.885. The van der Waals surface area contributed by atoms with Gasteiger partial charge < -0.3 is 15.9 Å². The molecule has 1 unspecified atom stereocenters. The number of hydrogen-bond acceptors (Lipinski definition) is 3. The van der Waals surface area contributed by atoms with Crippen molar-refractivity contribution in [2.75, 3.05) is 0 Å². The summed E-state index contributed by atoms with van der Waals surface area (Å²) in [7, 11) is 0. The first-order valence-electron chi connectivity index (χ1n) is 3.20. The fourth-order valence-electron chi connectivity index (χ4n) is 1.11. The van der Waals surface area contributed by atoms with E-state index in [2.05, 4.69) is 0 Å². The van der Waals surface area contributed by atoms with Gasteiger partial charge in [0, 0.05) is 18.0 Å². The Morgan fingerprint density at radius 1 is 1.60 bits per heavy atom. The zero-order valence-electron chi connectivity index (χ0n) is 5.83. The summed E-state index contributed by atoms with van der Waals surface area (Å²) in [5.41, 5.74) is 6.18. The molecule has 0 bridgehead atoms. The maximum Gasteiger partial charge on any atom is 0.157 e. The Morgan fingerprint density at radius 2 is 2.20 bits per heavy atom. The molecule has 3 heteroatoms. The highest BCUT2D eigenvalue weighted by Gasteiger charge is 2.25. The zero-order valence-corrected chi connectivity index (χ0v) is 5.83. The maximum atomic E-state index is 9.11. The lowest BCUT2D eigenvalue weighted by molar-refractivity contribution is 0.337. The van der Waals surface area contributed by atoms with Crippen LogP contribution in [0.5, 0.6) is 0 Å². The number of aliphatic hydroxyl groups excluding tert-OH is 2. The van der Waals surface area contributed by atoms with Crippen LogP contribution in [0, 0.1) is 0 Å². The largest absolute Gasteiger partial charge is 0.508 e. The molecule has 1 aliphatic carbocycles. The van der Waals surface area contributed by atoms with E-state index < -0.39 is 0 Å². The van der Waals surface area contributed by atoms with E-state index in [1.165, 1.54) is 0 Å². The van der Waals surface area contributed by atoms with Gasteiger partial charge >= 0.3 is 0 Å². The van der Waals surface area contributed by atoms with Gasteiger partial charge in [0.1, 0.15) is 5.76 Å². The highest BCUT2D eigenvalue weighted by atomic mass is 16.3. The molecule has 1 atom stereocenters. The van der Waals surface area contributed by atoms with Crippen molar-refractivity contribution < 1.29 is 10.2 Å². The van der Waals surface area contributed by atoms with Crippen LogP contribution in [-0.2, 0) is 0 Å². The molecule has 0 saturated carbocycles. The van der Waals surface area contributed by atoms with Gasteiger partial charge in [-0.05, 0) is 6.92 Å². The van der Waals surface area contributed by atoms with Crippen LogP contribution in [0.4, 0.5) is 0 Å². The number of nitrogens with two attached hydrogens (primary N) is 1. The maximum absolute atomic E-state index is 9.11. The minimum atomic E-state index is -0.231. The van der Waals surface area contributed by atoms with E-state index >= 15 is 0 Å². The topological polar surface area (TPSA) is 66.5 Å². The highest BCUT2D eigenvalue weighted by molar-refractivity contribution is 5.37. The summed E-state index contributed by atoms with van der Waals surface area (Å²) in [6, 6.07) is -0.231. The van der Waals surface area contributed by atoms with Gasteiger partial charge in [-0.25, -0.2) is 0 Å². The highest BCUT2D eigenvalue weighted by Crippen LogP contribution is 2.26. The van der Waals surface area contributed by atoms with Crippen LogP contribution in [-0.4, -0.2) is 16.3 Å². The normalized spacial score (nSPS) is 30.2. The van der Waals surface area contributed by atoms with Gasteiger partial charge in [0.15, 0.2) is 5.76 Å². The Kier molecular flexibility index (Phi) is 1.68. The zero-order chi connectivity index (χ0) is 7.72. The lowest BCUT2D eigenvalue weighted by atomic mass is 10.1. The van der Waals surface area contributed by atoms with Crippen molar-refractivity contribution in [1.29, 1.82) is 0 Å². The first kappa shape index (κ1) is 7.15. The van der Waals surface area contributed by atoms with Crippen molar-refractivity contribution in [3.8, 4) is 0 Å². The third-order valence-corrected chi connectivity index (χ3v) is 1.67. The first-order valence-corrected chi connectivity index (χ1v) is 3.20. The van der Waals surface area contributed by atoms with Crippen molar-refractivity contribution in [2.45, 2.75) is 19.4 Å². The third-order valence-electron chi connectivity index (χ3n) is 1.67. The second-order valence-electron chi connectivity index (χ2n) is 2.35. The molecule has 0 aliphatic heterocycles. The van der Waals surface area contributed by atoms with Gasteiger partial charge in [-0.2, -0.15) is 0 Å². The summed E-state index contributed by atoms with van der Waals surface area (Å²) in [5, 5.41) is 18.1. The summed E-state index contributed by atoms with van der Waals surface area (Å²) in [6.07, 6.45) is 2.06. The fourth-order valence-corrected chi connectivity index (χ4v) is 1.11. The van der Waals surface area contributed by atoms with E-state index in [4.69, 9.17) is 15.9 Å². The Labute approximate surface area is 59.5 Å². The molecule has 0 amide bonds.